The molecule has 0 fully saturated rings. The van der Waals surface area contributed by atoms with Crippen LogP contribution in [0.3, 0.4) is 0 Å². The van der Waals surface area contributed by atoms with Crippen molar-refractivity contribution in [1.82, 2.24) is 10.9 Å². The van der Waals surface area contributed by atoms with E-state index in [0.29, 0.717) is 17.9 Å². The van der Waals surface area contributed by atoms with Gasteiger partial charge in [-0.2, -0.15) is 0 Å². The van der Waals surface area contributed by atoms with Gasteiger partial charge in [-0.1, -0.05) is 43.0 Å². The number of rotatable bonds is 6. The minimum Gasteiger partial charge on any atom is -0.490 e. The van der Waals surface area contributed by atoms with Gasteiger partial charge in [0.1, 0.15) is 12.4 Å². The fraction of sp³-hybridized carbons (Fsp3) is 0.0526. The zero-order valence-corrected chi connectivity index (χ0v) is 13.1. The SMILES string of the molecule is C=CCOc1ccc(C(=O)NNC(=O)/C=C/c2ccccc2)cc1. The molecule has 122 valence electrons. The van der Waals surface area contributed by atoms with Crippen molar-refractivity contribution in [3.05, 3.63) is 84.5 Å². The summed E-state index contributed by atoms with van der Waals surface area (Å²) in [5, 5.41) is 0. The van der Waals surface area contributed by atoms with Crippen LogP contribution in [0.2, 0.25) is 0 Å². The Labute approximate surface area is 140 Å². The molecular weight excluding hydrogens is 304 g/mol. The molecule has 0 unspecified atom stereocenters. The average Bonchev–Trinajstić information content (AvgIpc) is 2.64. The molecule has 0 aliphatic carbocycles. The number of ether oxygens (including phenoxy) is 1. The Morgan fingerprint density at radius 1 is 1.00 bits per heavy atom. The van der Waals surface area contributed by atoms with E-state index >= 15 is 0 Å². The van der Waals surface area contributed by atoms with Crippen molar-refractivity contribution in [1.29, 1.82) is 0 Å². The smallest absolute Gasteiger partial charge is 0.269 e. The van der Waals surface area contributed by atoms with Crippen LogP contribution in [0.4, 0.5) is 0 Å². The third-order valence-electron chi connectivity index (χ3n) is 3.01. The molecule has 2 rings (SSSR count). The summed E-state index contributed by atoms with van der Waals surface area (Å²) in [4.78, 5) is 23.6. The molecule has 2 aromatic rings. The van der Waals surface area contributed by atoms with Crippen LogP contribution in [0.25, 0.3) is 6.08 Å². The van der Waals surface area contributed by atoms with Gasteiger partial charge in [0.15, 0.2) is 0 Å². The first-order valence-corrected chi connectivity index (χ1v) is 7.36. The van der Waals surface area contributed by atoms with E-state index in [-0.39, 0.29) is 0 Å². The lowest BCUT2D eigenvalue weighted by molar-refractivity contribution is -0.117. The lowest BCUT2D eigenvalue weighted by atomic mass is 10.2. The van der Waals surface area contributed by atoms with Crippen molar-refractivity contribution in [2.24, 2.45) is 0 Å². The number of carbonyl (C=O) groups excluding carboxylic acids is 2. The van der Waals surface area contributed by atoms with Crippen LogP contribution >= 0.6 is 0 Å². The fourth-order valence-electron chi connectivity index (χ4n) is 1.83. The third-order valence-corrected chi connectivity index (χ3v) is 3.01. The van der Waals surface area contributed by atoms with Gasteiger partial charge in [-0.25, -0.2) is 0 Å². The zero-order valence-electron chi connectivity index (χ0n) is 13.1. The van der Waals surface area contributed by atoms with Gasteiger partial charge in [0.25, 0.3) is 11.8 Å². The largest absolute Gasteiger partial charge is 0.490 e. The standard InChI is InChI=1S/C19H18N2O3/c1-2-14-24-17-11-9-16(10-12-17)19(23)21-20-18(22)13-8-15-6-4-3-5-7-15/h2-13H,1,14H2,(H,20,22)(H,21,23)/b13-8+. The van der Waals surface area contributed by atoms with Gasteiger partial charge in [-0.15, -0.1) is 0 Å². The number of benzene rings is 2. The van der Waals surface area contributed by atoms with Crippen molar-refractivity contribution in [2.75, 3.05) is 6.61 Å². The van der Waals surface area contributed by atoms with E-state index < -0.39 is 11.8 Å². The minimum absolute atomic E-state index is 0.398. The summed E-state index contributed by atoms with van der Waals surface area (Å²) in [7, 11) is 0. The number of hydrogen-bond donors (Lipinski definition) is 2. The predicted molar refractivity (Wildman–Crippen MR) is 93.2 cm³/mol. The Morgan fingerprint density at radius 2 is 1.71 bits per heavy atom. The molecule has 0 heterocycles. The maximum Gasteiger partial charge on any atom is 0.269 e. The van der Waals surface area contributed by atoms with Crippen LogP contribution in [-0.2, 0) is 4.79 Å². The molecule has 0 radical (unpaired) electrons. The van der Waals surface area contributed by atoms with Crippen LogP contribution in [0, 0.1) is 0 Å². The fourth-order valence-corrected chi connectivity index (χ4v) is 1.83. The number of amides is 2. The zero-order chi connectivity index (χ0) is 17.2. The summed E-state index contributed by atoms with van der Waals surface area (Å²) in [5.74, 6) is -0.189. The van der Waals surface area contributed by atoms with E-state index in [0.717, 1.165) is 5.56 Å². The summed E-state index contributed by atoms with van der Waals surface area (Å²) >= 11 is 0. The van der Waals surface area contributed by atoms with Gasteiger partial charge in [0.05, 0.1) is 0 Å². The Balaban J connectivity index is 1.82. The first-order valence-electron chi connectivity index (χ1n) is 7.36. The first kappa shape index (κ1) is 17.0. The summed E-state index contributed by atoms with van der Waals surface area (Å²) in [6, 6.07) is 16.0. The van der Waals surface area contributed by atoms with E-state index in [1.54, 1.807) is 36.4 Å². The van der Waals surface area contributed by atoms with E-state index in [1.807, 2.05) is 30.3 Å². The van der Waals surface area contributed by atoms with E-state index in [9.17, 15) is 9.59 Å². The lowest BCUT2D eigenvalue weighted by Gasteiger charge is -2.07. The molecule has 2 N–H and O–H groups in total. The maximum atomic E-state index is 11.9. The van der Waals surface area contributed by atoms with Gasteiger partial charge in [-0.3, -0.25) is 20.4 Å². The van der Waals surface area contributed by atoms with Crippen LogP contribution < -0.4 is 15.6 Å². The topological polar surface area (TPSA) is 67.4 Å². The van der Waals surface area contributed by atoms with Gasteiger partial charge in [0.2, 0.25) is 0 Å². The summed E-state index contributed by atoms with van der Waals surface area (Å²) < 4.78 is 5.33. The monoisotopic (exact) mass is 322 g/mol. The highest BCUT2D eigenvalue weighted by atomic mass is 16.5. The second-order valence-electron chi connectivity index (χ2n) is 4.81. The van der Waals surface area contributed by atoms with Crippen molar-refractivity contribution >= 4 is 17.9 Å². The van der Waals surface area contributed by atoms with E-state index in [2.05, 4.69) is 17.4 Å². The van der Waals surface area contributed by atoms with Crippen LogP contribution in [0.1, 0.15) is 15.9 Å². The third kappa shape index (κ3) is 5.46. The molecule has 0 saturated heterocycles. The first-order chi connectivity index (χ1) is 11.7. The lowest BCUT2D eigenvalue weighted by Crippen LogP contribution is -2.40. The quantitative estimate of drug-likeness (QED) is 0.488. The molecule has 5 nitrogen and oxygen atoms in total. The molecule has 0 aliphatic rings. The molecule has 0 bridgehead atoms. The van der Waals surface area contributed by atoms with Gasteiger partial charge in [-0.05, 0) is 35.9 Å². The number of hydrogen-bond acceptors (Lipinski definition) is 3. The van der Waals surface area contributed by atoms with Crippen molar-refractivity contribution in [3.8, 4) is 5.75 Å². The van der Waals surface area contributed by atoms with Gasteiger partial charge in [0, 0.05) is 11.6 Å². The molecule has 0 spiro atoms. The number of nitrogens with one attached hydrogen (secondary N) is 2. The molecule has 2 amide bonds. The Hall–Kier alpha value is -3.34. The molecule has 0 aromatic heterocycles. The summed E-state index contributed by atoms with van der Waals surface area (Å²) in [6.45, 7) is 3.96. The average molecular weight is 322 g/mol. The molecule has 2 aromatic carbocycles. The Bertz CT molecular complexity index is 722. The van der Waals surface area contributed by atoms with Crippen LogP contribution in [0.15, 0.2) is 73.3 Å². The summed E-state index contributed by atoms with van der Waals surface area (Å²) in [5.41, 5.74) is 5.99. The van der Waals surface area contributed by atoms with Gasteiger partial charge < -0.3 is 4.74 Å². The van der Waals surface area contributed by atoms with Crippen LogP contribution in [-0.4, -0.2) is 18.4 Å². The normalized spacial score (nSPS) is 10.2. The molecule has 0 aliphatic heterocycles. The second kappa shape index (κ2) is 8.95. The van der Waals surface area contributed by atoms with Crippen molar-refractivity contribution < 1.29 is 14.3 Å². The Kier molecular flexibility index (Phi) is 6.35. The molecule has 24 heavy (non-hydrogen) atoms. The number of carbonyl (C=O) groups is 2. The van der Waals surface area contributed by atoms with Gasteiger partial charge >= 0.3 is 0 Å². The van der Waals surface area contributed by atoms with E-state index in [1.165, 1.54) is 6.08 Å². The Morgan fingerprint density at radius 3 is 2.38 bits per heavy atom. The second-order valence-corrected chi connectivity index (χ2v) is 4.81. The molecule has 0 saturated carbocycles. The maximum absolute atomic E-state index is 11.9. The number of hydrazine groups is 1. The molecule has 0 atom stereocenters. The summed E-state index contributed by atoms with van der Waals surface area (Å²) in [6.07, 6.45) is 4.65. The van der Waals surface area contributed by atoms with E-state index in [4.69, 9.17) is 4.74 Å². The molecular formula is C19H18N2O3. The minimum atomic E-state index is -0.418. The highest BCUT2D eigenvalue weighted by molar-refractivity contribution is 5.97. The van der Waals surface area contributed by atoms with Crippen LogP contribution in [0.5, 0.6) is 5.75 Å². The highest BCUT2D eigenvalue weighted by Crippen LogP contribution is 2.11. The van der Waals surface area contributed by atoms with Crippen molar-refractivity contribution in [2.45, 2.75) is 0 Å². The predicted octanol–water partition coefficient (Wildman–Crippen LogP) is 2.73. The van der Waals surface area contributed by atoms with Crippen molar-refractivity contribution in [3.63, 3.8) is 0 Å². The molecule has 5 heteroatoms. The highest BCUT2D eigenvalue weighted by Gasteiger charge is 2.06.